The maximum Gasteiger partial charge on any atom is 0.222 e. The van der Waals surface area contributed by atoms with E-state index in [-0.39, 0.29) is 5.91 Å². The molecular formula is C29H39N5O3. The number of rotatable bonds is 7. The minimum absolute atomic E-state index is 0.250. The van der Waals surface area contributed by atoms with E-state index in [4.69, 9.17) is 19.6 Å². The van der Waals surface area contributed by atoms with E-state index in [1.165, 1.54) is 32.4 Å². The summed E-state index contributed by atoms with van der Waals surface area (Å²) in [6.07, 6.45) is 7.38. The number of hydrogen-bond donors (Lipinski definition) is 0. The van der Waals surface area contributed by atoms with Gasteiger partial charge in [0.2, 0.25) is 5.91 Å². The van der Waals surface area contributed by atoms with Gasteiger partial charge in [-0.05, 0) is 76.7 Å². The smallest absolute Gasteiger partial charge is 0.222 e. The molecule has 2 aliphatic rings. The van der Waals surface area contributed by atoms with Crippen LogP contribution in [-0.2, 0) is 11.2 Å². The lowest BCUT2D eigenvalue weighted by Crippen LogP contribution is -2.48. The van der Waals surface area contributed by atoms with Gasteiger partial charge in [-0.25, -0.2) is 9.50 Å². The van der Waals surface area contributed by atoms with Crippen LogP contribution >= 0.6 is 0 Å². The largest absolute Gasteiger partial charge is 0.497 e. The standard InChI is InChI=1S/C29H39N5O3/c1-20-24(10-11-29(35)33-16-12-22(13-17-33)32-14-6-5-7-15-32)21(2)34-28(30-20)19-26(31-34)25-9-8-23(36-3)18-27(25)37-4/h8-9,18-19,22H,5-7,10-17H2,1-4H3. The molecule has 0 saturated carbocycles. The van der Waals surface area contributed by atoms with Gasteiger partial charge in [-0.2, -0.15) is 5.10 Å². The molecule has 0 atom stereocenters. The number of aromatic nitrogens is 3. The molecule has 2 aliphatic heterocycles. The lowest BCUT2D eigenvalue weighted by atomic mass is 9.99. The van der Waals surface area contributed by atoms with Crippen LogP contribution in [0.15, 0.2) is 24.3 Å². The Morgan fingerprint density at radius 1 is 1.00 bits per heavy atom. The zero-order chi connectivity index (χ0) is 25.9. The van der Waals surface area contributed by atoms with Gasteiger partial charge in [-0.15, -0.1) is 0 Å². The summed E-state index contributed by atoms with van der Waals surface area (Å²) in [5.41, 5.74) is 5.54. The minimum atomic E-state index is 0.250. The highest BCUT2D eigenvalue weighted by molar-refractivity contribution is 5.76. The Morgan fingerprint density at radius 2 is 1.76 bits per heavy atom. The molecule has 0 spiro atoms. The molecule has 4 heterocycles. The number of likely N-dealkylation sites (tertiary alicyclic amines) is 2. The van der Waals surface area contributed by atoms with E-state index >= 15 is 0 Å². The maximum atomic E-state index is 13.1. The summed E-state index contributed by atoms with van der Waals surface area (Å²) >= 11 is 0. The van der Waals surface area contributed by atoms with Gasteiger partial charge in [0.05, 0.1) is 19.9 Å². The molecule has 3 aromatic rings. The minimum Gasteiger partial charge on any atom is -0.497 e. The van der Waals surface area contributed by atoms with Crippen molar-refractivity contribution in [3.63, 3.8) is 0 Å². The van der Waals surface area contributed by atoms with Crippen molar-refractivity contribution in [3.05, 3.63) is 41.2 Å². The Bertz CT molecular complexity index is 1260. The van der Waals surface area contributed by atoms with Crippen LogP contribution in [0.5, 0.6) is 11.5 Å². The molecule has 37 heavy (non-hydrogen) atoms. The summed E-state index contributed by atoms with van der Waals surface area (Å²) in [6.45, 7) is 8.30. The van der Waals surface area contributed by atoms with E-state index < -0.39 is 0 Å². The third kappa shape index (κ3) is 5.30. The number of aryl methyl sites for hydroxylation is 2. The molecule has 5 rings (SSSR count). The molecule has 2 aromatic heterocycles. The van der Waals surface area contributed by atoms with E-state index in [1.54, 1.807) is 14.2 Å². The summed E-state index contributed by atoms with van der Waals surface area (Å²) in [5, 5.41) is 4.85. The zero-order valence-corrected chi connectivity index (χ0v) is 22.6. The van der Waals surface area contributed by atoms with Crippen LogP contribution in [0.25, 0.3) is 16.9 Å². The topological polar surface area (TPSA) is 72.2 Å². The van der Waals surface area contributed by atoms with Gasteiger partial charge in [-0.3, -0.25) is 4.79 Å². The summed E-state index contributed by atoms with van der Waals surface area (Å²) in [5.74, 6) is 1.68. The van der Waals surface area contributed by atoms with Crippen molar-refractivity contribution < 1.29 is 14.3 Å². The molecular weight excluding hydrogens is 466 g/mol. The molecule has 8 heteroatoms. The molecule has 0 radical (unpaired) electrons. The Morgan fingerprint density at radius 3 is 2.46 bits per heavy atom. The van der Waals surface area contributed by atoms with E-state index in [1.807, 2.05) is 35.7 Å². The molecule has 0 unspecified atom stereocenters. The van der Waals surface area contributed by atoms with E-state index in [9.17, 15) is 4.79 Å². The highest BCUT2D eigenvalue weighted by Gasteiger charge is 2.27. The maximum absolute atomic E-state index is 13.1. The molecule has 1 amide bonds. The quantitative estimate of drug-likeness (QED) is 0.473. The first-order chi connectivity index (χ1) is 18.0. The van der Waals surface area contributed by atoms with Gasteiger partial charge in [0.25, 0.3) is 0 Å². The van der Waals surface area contributed by atoms with Crippen LogP contribution < -0.4 is 9.47 Å². The molecule has 2 saturated heterocycles. The van der Waals surface area contributed by atoms with Crippen LogP contribution in [0, 0.1) is 13.8 Å². The Labute approximate surface area is 219 Å². The van der Waals surface area contributed by atoms with Gasteiger partial charge >= 0.3 is 0 Å². The summed E-state index contributed by atoms with van der Waals surface area (Å²) in [7, 11) is 3.28. The number of nitrogens with zero attached hydrogens (tertiary/aromatic N) is 5. The predicted octanol–water partition coefficient (Wildman–Crippen LogP) is 4.44. The molecule has 1 aromatic carbocycles. The first-order valence-electron chi connectivity index (χ1n) is 13.6. The van der Waals surface area contributed by atoms with Crippen molar-refractivity contribution in [2.24, 2.45) is 0 Å². The molecule has 0 bridgehead atoms. The fourth-order valence-electron chi connectivity index (χ4n) is 5.98. The third-order valence-electron chi connectivity index (χ3n) is 8.16. The van der Waals surface area contributed by atoms with Gasteiger partial charge < -0.3 is 19.3 Å². The number of carbonyl (C=O) groups is 1. The normalized spacial score (nSPS) is 17.4. The molecule has 2 fully saturated rings. The van der Waals surface area contributed by atoms with Crippen molar-refractivity contribution in [2.45, 2.75) is 64.8 Å². The van der Waals surface area contributed by atoms with Crippen molar-refractivity contribution in [3.8, 4) is 22.8 Å². The third-order valence-corrected chi connectivity index (χ3v) is 8.16. The van der Waals surface area contributed by atoms with Crippen molar-refractivity contribution >= 4 is 11.6 Å². The van der Waals surface area contributed by atoms with Gasteiger partial charge in [0, 0.05) is 54.6 Å². The second-order valence-corrected chi connectivity index (χ2v) is 10.3. The van der Waals surface area contributed by atoms with E-state index in [2.05, 4.69) is 16.7 Å². The first kappa shape index (κ1) is 25.5. The average molecular weight is 506 g/mol. The molecule has 0 N–H and O–H groups in total. The monoisotopic (exact) mass is 505 g/mol. The Hall–Kier alpha value is -3.13. The summed E-state index contributed by atoms with van der Waals surface area (Å²) in [6, 6.07) is 8.34. The van der Waals surface area contributed by atoms with E-state index in [0.29, 0.717) is 24.6 Å². The van der Waals surface area contributed by atoms with Crippen LogP contribution in [0.2, 0.25) is 0 Å². The fraction of sp³-hybridized carbons (Fsp3) is 0.552. The molecule has 0 aliphatic carbocycles. The molecule has 198 valence electrons. The Kier molecular flexibility index (Phi) is 7.65. The van der Waals surface area contributed by atoms with Gasteiger partial charge in [0.1, 0.15) is 11.5 Å². The highest BCUT2D eigenvalue weighted by atomic mass is 16.5. The first-order valence-corrected chi connectivity index (χ1v) is 13.6. The number of carbonyl (C=O) groups excluding carboxylic acids is 1. The van der Waals surface area contributed by atoms with Crippen molar-refractivity contribution in [1.82, 2.24) is 24.4 Å². The second-order valence-electron chi connectivity index (χ2n) is 10.3. The summed E-state index contributed by atoms with van der Waals surface area (Å²) in [4.78, 5) is 22.6. The number of piperidine rings is 2. The lowest BCUT2D eigenvalue weighted by Gasteiger charge is -2.40. The summed E-state index contributed by atoms with van der Waals surface area (Å²) < 4.78 is 12.8. The number of amides is 1. The number of fused-ring (bicyclic) bond motifs is 1. The number of benzene rings is 1. The van der Waals surface area contributed by atoms with Gasteiger partial charge in [-0.1, -0.05) is 6.42 Å². The van der Waals surface area contributed by atoms with Crippen LogP contribution in [0.3, 0.4) is 0 Å². The fourth-order valence-corrected chi connectivity index (χ4v) is 5.98. The van der Waals surface area contributed by atoms with Crippen LogP contribution in [0.1, 0.15) is 55.5 Å². The van der Waals surface area contributed by atoms with Crippen molar-refractivity contribution in [1.29, 1.82) is 0 Å². The number of hydrogen-bond acceptors (Lipinski definition) is 6. The predicted molar refractivity (Wildman–Crippen MR) is 144 cm³/mol. The Balaban J connectivity index is 1.27. The highest BCUT2D eigenvalue weighted by Crippen LogP contribution is 2.33. The SMILES string of the molecule is COc1ccc(-c2cc3nc(C)c(CCC(=O)N4CCC(N5CCCCC5)CC4)c(C)n3n2)c(OC)c1. The number of ether oxygens (including phenoxy) is 2. The lowest BCUT2D eigenvalue weighted by molar-refractivity contribution is -0.132. The van der Waals surface area contributed by atoms with E-state index in [0.717, 1.165) is 65.5 Å². The van der Waals surface area contributed by atoms with Crippen molar-refractivity contribution in [2.75, 3.05) is 40.4 Å². The van der Waals surface area contributed by atoms with Crippen LogP contribution in [-0.4, -0.2) is 76.7 Å². The second kappa shape index (κ2) is 11.1. The molecule has 8 nitrogen and oxygen atoms in total. The van der Waals surface area contributed by atoms with Gasteiger partial charge in [0.15, 0.2) is 5.65 Å². The zero-order valence-electron chi connectivity index (χ0n) is 22.6. The number of methoxy groups -OCH3 is 2. The van der Waals surface area contributed by atoms with Crippen LogP contribution in [0.4, 0.5) is 0 Å². The average Bonchev–Trinajstić information content (AvgIpc) is 3.37.